The van der Waals surface area contributed by atoms with Gasteiger partial charge in [0.15, 0.2) is 11.4 Å². The molecule has 78 valence electrons. The molecule has 0 saturated carbocycles. The van der Waals surface area contributed by atoms with Crippen molar-refractivity contribution in [1.29, 1.82) is 0 Å². The normalized spacial score (nSPS) is 11.1. The van der Waals surface area contributed by atoms with E-state index in [0.717, 1.165) is 10.9 Å². The Morgan fingerprint density at radius 3 is 2.75 bits per heavy atom. The fourth-order valence-electron chi connectivity index (χ4n) is 1.87. The molecule has 4 heteroatoms. The number of benzene rings is 1. The van der Waals surface area contributed by atoms with Crippen molar-refractivity contribution in [3.8, 4) is 0 Å². The third kappa shape index (κ3) is 1.13. The van der Waals surface area contributed by atoms with Crippen molar-refractivity contribution in [2.45, 2.75) is 6.92 Å². The van der Waals surface area contributed by atoms with Crippen LogP contribution < -0.4 is 0 Å². The standard InChI is InChI=1S/C12H9N3O/c1-8(16)12-14-13-11-7-6-9-4-2-3-5-10(9)15(11)12/h2-7H,1H3. The highest BCUT2D eigenvalue weighted by Crippen LogP contribution is 2.17. The molecule has 0 radical (unpaired) electrons. The van der Waals surface area contributed by atoms with Crippen LogP contribution in [0.15, 0.2) is 36.4 Å². The lowest BCUT2D eigenvalue weighted by atomic mass is 10.2. The minimum Gasteiger partial charge on any atom is -0.291 e. The number of hydrogen-bond acceptors (Lipinski definition) is 3. The first-order valence-electron chi connectivity index (χ1n) is 5.01. The lowest BCUT2D eigenvalue weighted by Gasteiger charge is -2.02. The minimum atomic E-state index is -0.0798. The molecule has 0 atom stereocenters. The predicted molar refractivity (Wildman–Crippen MR) is 60.5 cm³/mol. The monoisotopic (exact) mass is 211 g/mol. The molecule has 3 rings (SSSR count). The van der Waals surface area contributed by atoms with E-state index in [1.807, 2.05) is 36.4 Å². The zero-order valence-electron chi connectivity index (χ0n) is 8.71. The summed E-state index contributed by atoms with van der Waals surface area (Å²) in [6.45, 7) is 1.50. The van der Waals surface area contributed by atoms with Gasteiger partial charge in [0.05, 0.1) is 5.52 Å². The smallest absolute Gasteiger partial charge is 0.204 e. The van der Waals surface area contributed by atoms with E-state index in [4.69, 9.17) is 0 Å². The van der Waals surface area contributed by atoms with E-state index in [-0.39, 0.29) is 5.78 Å². The number of carbonyl (C=O) groups excluding carboxylic acids is 1. The molecule has 3 aromatic rings. The number of rotatable bonds is 1. The molecule has 4 nitrogen and oxygen atoms in total. The van der Waals surface area contributed by atoms with Crippen molar-refractivity contribution in [1.82, 2.24) is 14.6 Å². The number of nitrogens with zero attached hydrogens (tertiary/aromatic N) is 3. The maximum absolute atomic E-state index is 11.4. The van der Waals surface area contributed by atoms with E-state index in [1.165, 1.54) is 6.92 Å². The molecule has 2 aromatic heterocycles. The lowest BCUT2D eigenvalue weighted by Crippen LogP contribution is -2.01. The SMILES string of the molecule is CC(=O)c1nnc2ccc3ccccc3n12. The molecule has 0 aliphatic rings. The molecule has 0 amide bonds. The summed E-state index contributed by atoms with van der Waals surface area (Å²) in [7, 11) is 0. The maximum atomic E-state index is 11.4. The van der Waals surface area contributed by atoms with Crippen molar-refractivity contribution in [3.63, 3.8) is 0 Å². The largest absolute Gasteiger partial charge is 0.291 e. The van der Waals surface area contributed by atoms with Gasteiger partial charge in [-0.2, -0.15) is 0 Å². The van der Waals surface area contributed by atoms with Crippen LogP contribution in [-0.4, -0.2) is 20.4 Å². The van der Waals surface area contributed by atoms with Gasteiger partial charge < -0.3 is 0 Å². The fourth-order valence-corrected chi connectivity index (χ4v) is 1.87. The quantitative estimate of drug-likeness (QED) is 0.579. The minimum absolute atomic E-state index is 0.0798. The Morgan fingerprint density at radius 1 is 1.12 bits per heavy atom. The highest BCUT2D eigenvalue weighted by Gasteiger charge is 2.11. The van der Waals surface area contributed by atoms with Gasteiger partial charge in [-0.15, -0.1) is 10.2 Å². The summed E-state index contributed by atoms with van der Waals surface area (Å²) in [5.74, 6) is 0.302. The lowest BCUT2D eigenvalue weighted by molar-refractivity contribution is 0.100. The average molecular weight is 211 g/mol. The van der Waals surface area contributed by atoms with Gasteiger partial charge in [-0.3, -0.25) is 9.20 Å². The summed E-state index contributed by atoms with van der Waals surface area (Å²) >= 11 is 0. The molecule has 1 aromatic carbocycles. The Morgan fingerprint density at radius 2 is 1.94 bits per heavy atom. The molecular weight excluding hydrogens is 202 g/mol. The molecule has 0 fully saturated rings. The van der Waals surface area contributed by atoms with Gasteiger partial charge in [0.2, 0.25) is 5.82 Å². The van der Waals surface area contributed by atoms with Crippen LogP contribution in [-0.2, 0) is 0 Å². The Balaban J connectivity index is 2.56. The molecule has 0 saturated heterocycles. The van der Waals surface area contributed by atoms with Gasteiger partial charge in [0.1, 0.15) is 0 Å². The second-order valence-electron chi connectivity index (χ2n) is 3.67. The number of Topliss-reactive ketones (excluding diaryl/α,β-unsaturated/α-hetero) is 1. The topological polar surface area (TPSA) is 47.3 Å². The van der Waals surface area contributed by atoms with Crippen molar-refractivity contribution in [3.05, 3.63) is 42.2 Å². The molecule has 2 heterocycles. The second kappa shape index (κ2) is 3.13. The summed E-state index contributed by atoms with van der Waals surface area (Å²) < 4.78 is 1.79. The van der Waals surface area contributed by atoms with Crippen LogP contribution in [0.1, 0.15) is 17.5 Å². The van der Waals surface area contributed by atoms with E-state index in [9.17, 15) is 4.79 Å². The maximum Gasteiger partial charge on any atom is 0.204 e. The Kier molecular flexibility index (Phi) is 1.77. The Bertz CT molecular complexity index is 700. The zero-order valence-corrected chi connectivity index (χ0v) is 8.71. The molecule has 0 N–H and O–H groups in total. The summed E-state index contributed by atoms with van der Waals surface area (Å²) in [4.78, 5) is 11.4. The van der Waals surface area contributed by atoms with Crippen molar-refractivity contribution in [2.24, 2.45) is 0 Å². The van der Waals surface area contributed by atoms with E-state index >= 15 is 0 Å². The summed E-state index contributed by atoms with van der Waals surface area (Å²) in [6.07, 6.45) is 0. The van der Waals surface area contributed by atoms with Crippen molar-refractivity contribution in [2.75, 3.05) is 0 Å². The Labute approximate surface area is 91.5 Å². The predicted octanol–water partition coefficient (Wildman–Crippen LogP) is 2.09. The first kappa shape index (κ1) is 9.03. The summed E-state index contributed by atoms with van der Waals surface area (Å²) in [5, 5.41) is 8.96. The first-order chi connectivity index (χ1) is 7.77. The van der Waals surface area contributed by atoms with Gasteiger partial charge in [-0.05, 0) is 23.6 Å². The number of ketones is 1. The van der Waals surface area contributed by atoms with Gasteiger partial charge >= 0.3 is 0 Å². The van der Waals surface area contributed by atoms with Crippen LogP contribution in [0.2, 0.25) is 0 Å². The number of pyridine rings is 1. The van der Waals surface area contributed by atoms with Crippen molar-refractivity contribution >= 4 is 22.3 Å². The number of fused-ring (bicyclic) bond motifs is 3. The van der Waals surface area contributed by atoms with Crippen LogP contribution in [0.3, 0.4) is 0 Å². The molecule has 0 aliphatic carbocycles. The third-order valence-electron chi connectivity index (χ3n) is 2.59. The van der Waals surface area contributed by atoms with Crippen LogP contribution in [0.4, 0.5) is 0 Å². The number of aromatic nitrogens is 3. The molecule has 0 spiro atoms. The van der Waals surface area contributed by atoms with E-state index in [2.05, 4.69) is 10.2 Å². The van der Waals surface area contributed by atoms with E-state index in [1.54, 1.807) is 4.40 Å². The summed E-state index contributed by atoms with van der Waals surface area (Å²) in [6, 6.07) is 11.7. The van der Waals surface area contributed by atoms with Gasteiger partial charge in [-0.25, -0.2) is 0 Å². The van der Waals surface area contributed by atoms with Crippen LogP contribution in [0.5, 0.6) is 0 Å². The van der Waals surface area contributed by atoms with E-state index in [0.29, 0.717) is 11.5 Å². The number of para-hydroxylation sites is 1. The average Bonchev–Trinajstić information content (AvgIpc) is 2.73. The first-order valence-corrected chi connectivity index (χ1v) is 5.01. The number of hydrogen-bond donors (Lipinski definition) is 0. The molecule has 16 heavy (non-hydrogen) atoms. The third-order valence-corrected chi connectivity index (χ3v) is 2.59. The van der Waals surface area contributed by atoms with Gasteiger partial charge in [0, 0.05) is 6.92 Å². The second-order valence-corrected chi connectivity index (χ2v) is 3.67. The highest BCUT2D eigenvalue weighted by molar-refractivity contribution is 5.94. The van der Waals surface area contributed by atoms with E-state index < -0.39 is 0 Å². The highest BCUT2D eigenvalue weighted by atomic mass is 16.1. The zero-order chi connectivity index (χ0) is 11.1. The van der Waals surface area contributed by atoms with Crippen LogP contribution >= 0.6 is 0 Å². The molecule has 0 unspecified atom stereocenters. The van der Waals surface area contributed by atoms with Crippen LogP contribution in [0.25, 0.3) is 16.6 Å². The van der Waals surface area contributed by atoms with Gasteiger partial charge in [-0.1, -0.05) is 18.2 Å². The Hall–Kier alpha value is -2.23. The molecule has 0 aliphatic heterocycles. The summed E-state index contributed by atoms with van der Waals surface area (Å²) in [5.41, 5.74) is 1.65. The van der Waals surface area contributed by atoms with Crippen LogP contribution in [0, 0.1) is 0 Å². The number of carbonyl (C=O) groups is 1. The molecule has 0 bridgehead atoms. The van der Waals surface area contributed by atoms with Gasteiger partial charge in [0.25, 0.3) is 0 Å². The molecular formula is C12H9N3O. The fraction of sp³-hybridized carbons (Fsp3) is 0.0833. The van der Waals surface area contributed by atoms with Crippen molar-refractivity contribution < 1.29 is 4.79 Å².